The number of carbonyl (C=O) groups excluding carboxylic acids is 1. The number of halogens is 2. The lowest BCUT2D eigenvalue weighted by Crippen LogP contribution is -2.07. The van der Waals surface area contributed by atoms with Crippen LogP contribution >= 0.6 is 23.2 Å². The molecule has 3 aromatic heterocycles. The Bertz CT molecular complexity index is 2850. The van der Waals surface area contributed by atoms with E-state index in [2.05, 4.69) is 59.8 Å². The van der Waals surface area contributed by atoms with Crippen LogP contribution in [-0.2, 0) is 17.6 Å². The van der Waals surface area contributed by atoms with Crippen LogP contribution in [0, 0.1) is 27.7 Å². The number of nitrogen functional groups attached to an aromatic ring is 1. The van der Waals surface area contributed by atoms with Crippen LogP contribution in [-0.4, -0.2) is 30.7 Å². The van der Waals surface area contributed by atoms with E-state index in [-0.39, 0.29) is 12.2 Å². The van der Waals surface area contributed by atoms with E-state index < -0.39 is 0 Å². The molecule has 8 aromatic rings. The van der Waals surface area contributed by atoms with Crippen LogP contribution in [0.1, 0.15) is 58.8 Å². The highest BCUT2D eigenvalue weighted by molar-refractivity contribution is 6.33. The van der Waals surface area contributed by atoms with Crippen LogP contribution in [0.4, 0.5) is 5.69 Å². The number of rotatable bonds is 9. The van der Waals surface area contributed by atoms with E-state index in [1.807, 2.05) is 68.4 Å². The number of Topliss-reactive ketones (excluding diaryl/α,β-unsaturated/α-hetero) is 1. The molecular weight excluding hydrogens is 767 g/mol. The van der Waals surface area contributed by atoms with Crippen LogP contribution in [0.15, 0.2) is 104 Å². The van der Waals surface area contributed by atoms with Gasteiger partial charge in [0.15, 0.2) is 0 Å². The van der Waals surface area contributed by atoms with Crippen molar-refractivity contribution in [3.63, 3.8) is 0 Å². The zero-order chi connectivity index (χ0) is 41.1. The number of pyridine rings is 1. The van der Waals surface area contributed by atoms with Crippen LogP contribution in [0.3, 0.4) is 0 Å². The summed E-state index contributed by atoms with van der Waals surface area (Å²) in [7, 11) is 0. The van der Waals surface area contributed by atoms with Crippen molar-refractivity contribution in [3.05, 3.63) is 153 Å². The second-order valence-corrected chi connectivity index (χ2v) is 15.5. The number of nitrogens with zero attached hydrogens (tertiary/aromatic N) is 5. The maximum absolute atomic E-state index is 12.9. The molecule has 0 saturated carbocycles. The molecule has 292 valence electrons. The van der Waals surface area contributed by atoms with Gasteiger partial charge in [-0.3, -0.25) is 9.78 Å². The first kappa shape index (κ1) is 40.1. The van der Waals surface area contributed by atoms with Gasteiger partial charge in [0.25, 0.3) is 0 Å². The van der Waals surface area contributed by atoms with Gasteiger partial charge in [-0.2, -0.15) is 0 Å². The molecule has 0 aliphatic carbocycles. The Kier molecular flexibility index (Phi) is 11.8. The number of aromatic nitrogens is 5. The third kappa shape index (κ3) is 9.17. The number of carbonyl (C=O) groups is 1. The minimum Gasteiger partial charge on any atom is -0.438 e. The smallest absolute Gasteiger partial charge is 0.230 e. The van der Waals surface area contributed by atoms with E-state index in [1.54, 1.807) is 24.3 Å². The topological polar surface area (TPSA) is 126 Å². The Labute approximate surface area is 347 Å². The second-order valence-electron chi connectivity index (χ2n) is 14.7. The average Bonchev–Trinajstić information content (AvgIpc) is 3.19. The van der Waals surface area contributed by atoms with E-state index in [0.29, 0.717) is 51.3 Å². The summed E-state index contributed by atoms with van der Waals surface area (Å²) in [5.74, 6) is 2.59. The molecule has 5 aromatic carbocycles. The van der Waals surface area contributed by atoms with Crippen LogP contribution in [0.5, 0.6) is 23.3 Å². The van der Waals surface area contributed by atoms with Gasteiger partial charge < -0.3 is 15.2 Å². The maximum Gasteiger partial charge on any atom is 0.230 e. The molecule has 0 unspecified atom stereocenters. The molecule has 9 nitrogen and oxygen atoms in total. The minimum absolute atomic E-state index is 0.0920. The lowest BCUT2D eigenvalue weighted by Gasteiger charge is -2.11. The summed E-state index contributed by atoms with van der Waals surface area (Å²) >= 11 is 12.6. The quantitative estimate of drug-likeness (QED) is 0.142. The third-order valence-electron chi connectivity index (χ3n) is 10.0. The van der Waals surface area contributed by atoms with Crippen LogP contribution in [0.2, 0.25) is 10.0 Å². The fourth-order valence-corrected chi connectivity index (χ4v) is 6.81. The van der Waals surface area contributed by atoms with Gasteiger partial charge in [-0.05, 0) is 134 Å². The molecule has 0 aliphatic heterocycles. The second kappa shape index (κ2) is 17.1. The molecule has 0 fully saturated rings. The van der Waals surface area contributed by atoms with Crippen molar-refractivity contribution in [2.75, 3.05) is 5.73 Å². The molecule has 11 heteroatoms. The summed E-state index contributed by atoms with van der Waals surface area (Å²) in [5.41, 5.74) is 16.3. The Hall–Kier alpha value is -6.16. The normalized spacial score (nSPS) is 11.2. The zero-order valence-corrected chi connectivity index (χ0v) is 34.6. The fourth-order valence-electron chi connectivity index (χ4n) is 6.40. The first-order valence-electron chi connectivity index (χ1n) is 18.9. The lowest BCUT2D eigenvalue weighted by molar-refractivity contribution is -0.117. The van der Waals surface area contributed by atoms with Gasteiger partial charge >= 0.3 is 0 Å². The number of ether oxygens (including phenoxy) is 2. The van der Waals surface area contributed by atoms with E-state index in [4.69, 9.17) is 43.4 Å². The molecule has 0 aliphatic rings. The van der Waals surface area contributed by atoms with Crippen molar-refractivity contribution in [1.82, 2.24) is 24.9 Å². The van der Waals surface area contributed by atoms with Crippen molar-refractivity contribution in [3.8, 4) is 23.3 Å². The Morgan fingerprint density at radius 2 is 1.19 bits per heavy atom. The third-order valence-corrected chi connectivity index (χ3v) is 10.7. The highest BCUT2D eigenvalue weighted by atomic mass is 35.5. The van der Waals surface area contributed by atoms with Gasteiger partial charge in [0.2, 0.25) is 11.8 Å². The molecule has 0 bridgehead atoms. The number of hydrogen-bond acceptors (Lipinski definition) is 9. The van der Waals surface area contributed by atoms with Crippen molar-refractivity contribution in [1.29, 1.82) is 0 Å². The predicted molar refractivity (Wildman–Crippen MR) is 234 cm³/mol. The van der Waals surface area contributed by atoms with Gasteiger partial charge in [-0.25, -0.2) is 19.9 Å². The van der Waals surface area contributed by atoms with Gasteiger partial charge in [-0.15, -0.1) is 0 Å². The Morgan fingerprint density at radius 3 is 1.76 bits per heavy atom. The molecule has 0 radical (unpaired) electrons. The highest BCUT2D eigenvalue weighted by Gasteiger charge is 2.14. The number of anilines is 1. The number of nitrogens with two attached hydrogens (primary N) is 1. The molecule has 8 rings (SSSR count). The predicted octanol–water partition coefficient (Wildman–Crippen LogP) is 12.0. The number of hydrogen-bond donors (Lipinski definition) is 1. The first-order valence-corrected chi connectivity index (χ1v) is 19.6. The lowest BCUT2D eigenvalue weighted by atomic mass is 10.0. The molecular formula is C47H42Cl2N6O3. The van der Waals surface area contributed by atoms with Crippen LogP contribution < -0.4 is 15.2 Å². The molecule has 58 heavy (non-hydrogen) atoms. The standard InChI is InChI=1S/C31H28ClN3O2.C16H14ClN3O/c1-18(2)28-10-7-23-13-21(5-9-29(23)35-28)14-24(36)15-22-6-8-25(16-27(22)32)37-31-26-11-19(3)20(4)12-30(26)33-17-34-31;1-9-5-12-15(6-10(9)2)19-8-20-16(12)21-11-3-4-14(18)13(17)7-11/h5-13,16-18H,14-15H2,1-4H3;3-8H,18H2,1-2H3. The fraction of sp³-hybridized carbons (Fsp3) is 0.191. The summed E-state index contributed by atoms with van der Waals surface area (Å²) in [6.45, 7) is 12.5. The van der Waals surface area contributed by atoms with E-state index in [0.717, 1.165) is 66.2 Å². The number of fused-ring (bicyclic) bond motifs is 3. The number of ketones is 1. The Morgan fingerprint density at radius 1 is 0.621 bits per heavy atom. The largest absolute Gasteiger partial charge is 0.438 e. The molecule has 3 heterocycles. The number of aryl methyl sites for hydroxylation is 4. The van der Waals surface area contributed by atoms with E-state index in [1.165, 1.54) is 18.2 Å². The minimum atomic E-state index is 0.0920. The first-order chi connectivity index (χ1) is 27.8. The van der Waals surface area contributed by atoms with Crippen molar-refractivity contribution < 1.29 is 14.3 Å². The Balaban J connectivity index is 0.000000206. The monoisotopic (exact) mass is 808 g/mol. The summed E-state index contributed by atoms with van der Waals surface area (Å²) in [5, 5.41) is 3.69. The molecule has 2 N–H and O–H groups in total. The molecule has 0 atom stereocenters. The van der Waals surface area contributed by atoms with Crippen molar-refractivity contribution in [2.24, 2.45) is 0 Å². The zero-order valence-electron chi connectivity index (χ0n) is 33.1. The number of benzene rings is 5. The van der Waals surface area contributed by atoms with Gasteiger partial charge in [0.05, 0.1) is 38.0 Å². The molecule has 0 saturated heterocycles. The van der Waals surface area contributed by atoms with Crippen molar-refractivity contribution in [2.45, 2.75) is 60.3 Å². The molecule has 0 spiro atoms. The summed E-state index contributed by atoms with van der Waals surface area (Å²) in [6.07, 6.45) is 3.57. The van der Waals surface area contributed by atoms with Crippen LogP contribution in [0.25, 0.3) is 32.7 Å². The average molecular weight is 810 g/mol. The van der Waals surface area contributed by atoms with E-state index >= 15 is 0 Å². The summed E-state index contributed by atoms with van der Waals surface area (Å²) < 4.78 is 11.9. The summed E-state index contributed by atoms with van der Waals surface area (Å²) in [6, 6.07) is 28.8. The van der Waals surface area contributed by atoms with Gasteiger partial charge in [0, 0.05) is 35.0 Å². The highest BCUT2D eigenvalue weighted by Crippen LogP contribution is 2.33. The van der Waals surface area contributed by atoms with Gasteiger partial charge in [0.1, 0.15) is 29.9 Å². The van der Waals surface area contributed by atoms with Crippen molar-refractivity contribution >= 4 is 67.4 Å². The molecule has 0 amide bonds. The van der Waals surface area contributed by atoms with E-state index in [9.17, 15) is 4.79 Å². The van der Waals surface area contributed by atoms with Gasteiger partial charge in [-0.1, -0.05) is 55.2 Å². The SMILES string of the molecule is Cc1cc2ncnc(Oc3ccc(CC(=O)Cc4ccc5nc(C(C)C)ccc5c4)c(Cl)c3)c2cc1C.Cc1cc2ncnc(Oc3ccc(N)c(Cl)c3)c2cc1C. The maximum atomic E-state index is 12.9. The summed E-state index contributed by atoms with van der Waals surface area (Å²) in [4.78, 5) is 34.8.